The van der Waals surface area contributed by atoms with E-state index in [0.29, 0.717) is 6.42 Å². The molecule has 0 bridgehead atoms. The molecule has 0 aliphatic carbocycles. The summed E-state index contributed by atoms with van der Waals surface area (Å²) in [5.41, 5.74) is 0. The summed E-state index contributed by atoms with van der Waals surface area (Å²) in [7, 11) is 3.92. The smallest absolute Gasteiger partial charge is 0.131 e. The van der Waals surface area contributed by atoms with Crippen molar-refractivity contribution in [2.75, 3.05) is 20.6 Å². The Kier molecular flexibility index (Phi) is 12.3. The van der Waals surface area contributed by atoms with E-state index in [0.717, 1.165) is 12.5 Å². The number of nitrogens with zero attached hydrogens (tertiary/aromatic N) is 1. The Morgan fingerprint density at radius 1 is 1.29 bits per heavy atom. The molecule has 0 amide bonds. The number of Topliss-reactive ketones (excluding diaryl/α,β-unsaturated/α-hetero) is 1. The summed E-state index contributed by atoms with van der Waals surface area (Å²) < 4.78 is 0. The number of carbonyl (C=O) groups excluding carboxylic acids is 1. The van der Waals surface area contributed by atoms with Crippen LogP contribution in [0.4, 0.5) is 0 Å². The van der Waals surface area contributed by atoms with Crippen molar-refractivity contribution in [3.63, 3.8) is 0 Å². The molecule has 0 rings (SSSR count). The van der Waals surface area contributed by atoms with E-state index in [2.05, 4.69) is 20.8 Å². The molecule has 86 valence electrons. The molecule has 0 aliphatic heterocycles. The van der Waals surface area contributed by atoms with Gasteiger partial charge in [-0.2, -0.15) is 0 Å². The predicted molar refractivity (Wildman–Crippen MR) is 63.6 cm³/mol. The van der Waals surface area contributed by atoms with E-state index in [-0.39, 0.29) is 5.78 Å². The summed E-state index contributed by atoms with van der Waals surface area (Å²) in [6.07, 6.45) is 3.38. The molecule has 2 nitrogen and oxygen atoms in total. The molecule has 0 fully saturated rings. The van der Waals surface area contributed by atoms with Crippen molar-refractivity contribution in [3.8, 4) is 0 Å². The van der Waals surface area contributed by atoms with Crippen LogP contribution in [0.5, 0.6) is 0 Å². The zero-order valence-electron chi connectivity index (χ0n) is 10.8. The molecule has 0 saturated carbocycles. The van der Waals surface area contributed by atoms with Gasteiger partial charge in [0, 0.05) is 13.0 Å². The fourth-order valence-corrected chi connectivity index (χ4v) is 0.958. The normalized spacial score (nSPS) is 10.0. The van der Waals surface area contributed by atoms with Gasteiger partial charge in [-0.25, -0.2) is 0 Å². The monoisotopic (exact) mass is 201 g/mol. The van der Waals surface area contributed by atoms with E-state index in [4.69, 9.17) is 0 Å². The van der Waals surface area contributed by atoms with Crippen molar-refractivity contribution in [2.45, 2.75) is 47.0 Å². The average molecular weight is 201 g/mol. The molecule has 0 radical (unpaired) electrons. The number of rotatable bonds is 5. The lowest BCUT2D eigenvalue weighted by Crippen LogP contribution is -2.15. The van der Waals surface area contributed by atoms with Crippen LogP contribution >= 0.6 is 0 Å². The third-order valence-corrected chi connectivity index (χ3v) is 1.78. The highest BCUT2D eigenvalue weighted by molar-refractivity contribution is 5.75. The molecule has 0 spiro atoms. The van der Waals surface area contributed by atoms with Crippen molar-refractivity contribution in [2.24, 2.45) is 5.92 Å². The van der Waals surface area contributed by atoms with Crippen molar-refractivity contribution < 1.29 is 4.79 Å². The van der Waals surface area contributed by atoms with E-state index in [1.54, 1.807) is 6.92 Å². The fraction of sp³-hybridized carbons (Fsp3) is 0.917. The first kappa shape index (κ1) is 16.1. The van der Waals surface area contributed by atoms with Crippen LogP contribution < -0.4 is 0 Å². The highest BCUT2D eigenvalue weighted by Crippen LogP contribution is 2.00. The minimum absolute atomic E-state index is 0.263. The van der Waals surface area contributed by atoms with Crippen LogP contribution in [0.15, 0.2) is 0 Å². The molecule has 0 aliphatic rings. The minimum Gasteiger partial charge on any atom is -0.309 e. The van der Waals surface area contributed by atoms with E-state index in [1.807, 2.05) is 19.0 Å². The first-order valence-corrected chi connectivity index (χ1v) is 5.54. The lowest BCUT2D eigenvalue weighted by Gasteiger charge is -2.05. The SMILES string of the molecule is CC(=O)CCN(C)C.CCCC(C)C. The van der Waals surface area contributed by atoms with Gasteiger partial charge in [0.25, 0.3) is 0 Å². The van der Waals surface area contributed by atoms with Gasteiger partial charge in [0.1, 0.15) is 5.78 Å². The van der Waals surface area contributed by atoms with E-state index >= 15 is 0 Å². The predicted octanol–water partition coefficient (Wildman–Crippen LogP) is 2.97. The number of carbonyl (C=O) groups is 1. The molecule has 0 N–H and O–H groups in total. The molecule has 0 unspecified atom stereocenters. The Bertz CT molecular complexity index is 130. The summed E-state index contributed by atoms with van der Waals surface area (Å²) in [4.78, 5) is 12.3. The zero-order valence-corrected chi connectivity index (χ0v) is 10.8. The van der Waals surface area contributed by atoms with Crippen molar-refractivity contribution in [3.05, 3.63) is 0 Å². The van der Waals surface area contributed by atoms with Crippen molar-refractivity contribution >= 4 is 5.78 Å². The third-order valence-electron chi connectivity index (χ3n) is 1.78. The summed E-state index contributed by atoms with van der Waals surface area (Å²) in [6.45, 7) is 9.21. The van der Waals surface area contributed by atoms with Gasteiger partial charge in [0.2, 0.25) is 0 Å². The number of ketones is 1. The molecule has 14 heavy (non-hydrogen) atoms. The lowest BCUT2D eigenvalue weighted by molar-refractivity contribution is -0.117. The van der Waals surface area contributed by atoms with E-state index in [1.165, 1.54) is 12.8 Å². The number of hydrogen-bond donors (Lipinski definition) is 0. The molecular weight excluding hydrogens is 174 g/mol. The minimum atomic E-state index is 0.263. The van der Waals surface area contributed by atoms with Crippen LogP contribution in [0.1, 0.15) is 47.0 Å². The maximum Gasteiger partial charge on any atom is 0.131 e. The lowest BCUT2D eigenvalue weighted by atomic mass is 10.1. The molecule has 0 aromatic rings. The molecular formula is C12H27NO. The number of hydrogen-bond acceptors (Lipinski definition) is 2. The van der Waals surface area contributed by atoms with E-state index in [9.17, 15) is 4.79 Å². The van der Waals surface area contributed by atoms with Gasteiger partial charge in [-0.3, -0.25) is 4.79 Å². The van der Waals surface area contributed by atoms with Gasteiger partial charge in [-0.1, -0.05) is 33.6 Å². The van der Waals surface area contributed by atoms with Gasteiger partial charge in [-0.05, 0) is 26.9 Å². The first-order valence-electron chi connectivity index (χ1n) is 5.54. The Morgan fingerprint density at radius 3 is 1.86 bits per heavy atom. The highest BCUT2D eigenvalue weighted by atomic mass is 16.1. The Balaban J connectivity index is 0. The van der Waals surface area contributed by atoms with Crippen LogP contribution in [0.25, 0.3) is 0 Å². The summed E-state index contributed by atoms with van der Waals surface area (Å²) in [5.74, 6) is 1.16. The van der Waals surface area contributed by atoms with Crippen LogP contribution in [0, 0.1) is 5.92 Å². The average Bonchev–Trinajstić information content (AvgIpc) is 2.01. The zero-order chi connectivity index (χ0) is 11.6. The maximum absolute atomic E-state index is 10.3. The second kappa shape index (κ2) is 10.7. The van der Waals surface area contributed by atoms with Gasteiger partial charge in [-0.15, -0.1) is 0 Å². The van der Waals surface area contributed by atoms with Crippen LogP contribution in [0.2, 0.25) is 0 Å². The Hall–Kier alpha value is -0.370. The van der Waals surface area contributed by atoms with Gasteiger partial charge in [0.15, 0.2) is 0 Å². The molecule has 0 aromatic carbocycles. The highest BCUT2D eigenvalue weighted by Gasteiger charge is 1.92. The van der Waals surface area contributed by atoms with Gasteiger partial charge >= 0.3 is 0 Å². The Labute approximate surface area is 89.7 Å². The maximum atomic E-state index is 10.3. The second-order valence-corrected chi connectivity index (χ2v) is 4.44. The van der Waals surface area contributed by atoms with E-state index < -0.39 is 0 Å². The quantitative estimate of drug-likeness (QED) is 0.681. The first-order chi connectivity index (χ1) is 6.40. The standard InChI is InChI=1S/C6H13NO.C6H14/c1-6(8)4-5-7(2)3;1-4-5-6(2)3/h4-5H2,1-3H3;6H,4-5H2,1-3H3. The topological polar surface area (TPSA) is 20.3 Å². The van der Waals surface area contributed by atoms with Crippen LogP contribution in [-0.2, 0) is 4.79 Å². The fourth-order valence-electron chi connectivity index (χ4n) is 0.958. The third kappa shape index (κ3) is 22.6. The summed E-state index contributed by atoms with van der Waals surface area (Å²) in [6, 6.07) is 0. The van der Waals surface area contributed by atoms with Crippen molar-refractivity contribution in [1.82, 2.24) is 4.90 Å². The van der Waals surface area contributed by atoms with Crippen molar-refractivity contribution in [1.29, 1.82) is 0 Å². The molecule has 0 aromatic heterocycles. The van der Waals surface area contributed by atoms with Gasteiger partial charge in [0.05, 0.1) is 0 Å². The summed E-state index contributed by atoms with van der Waals surface area (Å²) >= 11 is 0. The largest absolute Gasteiger partial charge is 0.309 e. The second-order valence-electron chi connectivity index (χ2n) is 4.44. The summed E-state index contributed by atoms with van der Waals surface area (Å²) in [5, 5.41) is 0. The molecule has 0 saturated heterocycles. The molecule has 2 heteroatoms. The van der Waals surface area contributed by atoms with Crippen LogP contribution in [0.3, 0.4) is 0 Å². The Morgan fingerprint density at radius 2 is 1.79 bits per heavy atom. The van der Waals surface area contributed by atoms with Crippen LogP contribution in [-0.4, -0.2) is 31.3 Å². The molecule has 0 atom stereocenters. The van der Waals surface area contributed by atoms with Gasteiger partial charge < -0.3 is 4.90 Å². The molecule has 0 heterocycles.